The number of hydrogen-bond donors (Lipinski definition) is 2. The fourth-order valence-electron chi connectivity index (χ4n) is 2.49. The molecule has 30 heavy (non-hydrogen) atoms. The lowest BCUT2D eigenvalue weighted by Crippen LogP contribution is -2.24. The van der Waals surface area contributed by atoms with E-state index in [0.29, 0.717) is 22.3 Å². The number of carbonyl (C=O) groups excluding carboxylic acids is 2. The monoisotopic (exact) mass is 537 g/mol. The summed E-state index contributed by atoms with van der Waals surface area (Å²) < 4.78 is 7.95. The second-order valence-corrected chi connectivity index (χ2v) is 8.40. The van der Waals surface area contributed by atoms with Crippen molar-refractivity contribution in [3.8, 4) is 5.75 Å². The number of nitrogens with one attached hydrogen (secondary N) is 2. The summed E-state index contributed by atoms with van der Waals surface area (Å²) in [6, 6.07) is 14.4. The van der Waals surface area contributed by atoms with Crippen molar-refractivity contribution in [2.24, 2.45) is 7.05 Å². The summed E-state index contributed by atoms with van der Waals surface area (Å²) in [5.41, 5.74) is 1.28. The molecule has 3 rings (SSSR count). The van der Waals surface area contributed by atoms with Crippen molar-refractivity contribution < 1.29 is 14.3 Å². The topological polar surface area (TPSA) is 98.1 Å². The van der Waals surface area contributed by atoms with Gasteiger partial charge in [0.15, 0.2) is 11.0 Å². The van der Waals surface area contributed by atoms with Crippen molar-refractivity contribution in [2.45, 2.75) is 11.7 Å². The van der Waals surface area contributed by atoms with E-state index < -0.39 is 0 Å². The molecule has 8 nitrogen and oxygen atoms in total. The van der Waals surface area contributed by atoms with Crippen LogP contribution in [0.1, 0.15) is 16.2 Å². The van der Waals surface area contributed by atoms with Gasteiger partial charge in [0.05, 0.1) is 19.4 Å². The van der Waals surface area contributed by atoms with E-state index in [1.807, 2.05) is 24.3 Å². The Hall–Kier alpha value is -2.60. The molecule has 0 bridgehead atoms. The number of amides is 2. The lowest BCUT2D eigenvalue weighted by atomic mass is 10.2. The minimum Gasteiger partial charge on any atom is -0.497 e. The van der Waals surface area contributed by atoms with E-state index in [0.717, 1.165) is 9.26 Å². The molecule has 0 unspecified atom stereocenters. The zero-order valence-electron chi connectivity index (χ0n) is 16.4. The Kier molecular flexibility index (Phi) is 7.69. The number of ether oxygens (including phenoxy) is 1. The Bertz CT molecular complexity index is 1020. The molecule has 2 amide bonds. The number of rotatable bonds is 8. The quantitative estimate of drug-likeness (QED) is 0.339. The molecule has 0 fully saturated rings. The molecule has 0 aliphatic rings. The maximum absolute atomic E-state index is 12.3. The van der Waals surface area contributed by atoms with Crippen molar-refractivity contribution in [2.75, 3.05) is 18.2 Å². The standard InChI is InChI=1S/C20H20IN5O3S/c1-26-17(11-22-19(28)13-3-9-16(29-2)10-4-13)24-25-20(26)30-12-18(27)23-15-7-5-14(21)6-8-15/h3-10H,11-12H2,1-2H3,(H,22,28)(H,23,27). The van der Waals surface area contributed by atoms with E-state index in [4.69, 9.17) is 4.74 Å². The molecule has 1 aromatic heterocycles. The first-order valence-electron chi connectivity index (χ1n) is 8.95. The number of hydrogen-bond acceptors (Lipinski definition) is 6. The zero-order chi connectivity index (χ0) is 21.5. The smallest absolute Gasteiger partial charge is 0.251 e. The molecule has 0 aliphatic carbocycles. The van der Waals surface area contributed by atoms with Crippen LogP contribution >= 0.6 is 34.4 Å². The molecule has 0 aliphatic heterocycles. The molecule has 0 saturated heterocycles. The average Bonchev–Trinajstić information content (AvgIpc) is 3.11. The number of benzene rings is 2. The molecular weight excluding hydrogens is 517 g/mol. The van der Waals surface area contributed by atoms with Gasteiger partial charge in [-0.05, 0) is 71.1 Å². The normalized spacial score (nSPS) is 10.5. The van der Waals surface area contributed by atoms with Crippen molar-refractivity contribution >= 4 is 51.9 Å². The van der Waals surface area contributed by atoms with Gasteiger partial charge >= 0.3 is 0 Å². The van der Waals surface area contributed by atoms with Crippen LogP contribution in [-0.2, 0) is 18.4 Å². The fraction of sp³-hybridized carbons (Fsp3) is 0.200. The van der Waals surface area contributed by atoms with Gasteiger partial charge in [0.25, 0.3) is 5.91 Å². The number of carbonyl (C=O) groups is 2. The van der Waals surface area contributed by atoms with Crippen LogP contribution < -0.4 is 15.4 Å². The van der Waals surface area contributed by atoms with Gasteiger partial charge in [0, 0.05) is 21.9 Å². The molecule has 0 radical (unpaired) electrons. The van der Waals surface area contributed by atoms with Crippen LogP contribution in [0.3, 0.4) is 0 Å². The molecule has 0 saturated carbocycles. The van der Waals surface area contributed by atoms with Gasteiger partial charge in [-0.2, -0.15) is 0 Å². The minimum atomic E-state index is -0.216. The van der Waals surface area contributed by atoms with Gasteiger partial charge in [-0.25, -0.2) is 0 Å². The van der Waals surface area contributed by atoms with E-state index >= 15 is 0 Å². The molecular formula is C20H20IN5O3S. The van der Waals surface area contributed by atoms with Gasteiger partial charge in [-0.3, -0.25) is 9.59 Å². The summed E-state index contributed by atoms with van der Waals surface area (Å²) in [6.07, 6.45) is 0. The third kappa shape index (κ3) is 5.95. The predicted octanol–water partition coefficient (Wildman–Crippen LogP) is 3.09. The number of anilines is 1. The molecule has 3 aromatic rings. The highest BCUT2D eigenvalue weighted by Gasteiger charge is 2.13. The molecule has 1 heterocycles. The van der Waals surface area contributed by atoms with Crippen LogP contribution in [0.4, 0.5) is 5.69 Å². The van der Waals surface area contributed by atoms with Gasteiger partial charge in [-0.15, -0.1) is 10.2 Å². The summed E-state index contributed by atoms with van der Waals surface area (Å²) >= 11 is 3.49. The van der Waals surface area contributed by atoms with E-state index in [1.165, 1.54) is 11.8 Å². The van der Waals surface area contributed by atoms with E-state index in [9.17, 15) is 9.59 Å². The van der Waals surface area contributed by atoms with Gasteiger partial charge in [-0.1, -0.05) is 11.8 Å². The second-order valence-electron chi connectivity index (χ2n) is 6.21. The number of methoxy groups -OCH3 is 1. The SMILES string of the molecule is COc1ccc(C(=O)NCc2nnc(SCC(=O)Nc3ccc(I)cc3)n2C)cc1. The van der Waals surface area contributed by atoms with Crippen molar-refractivity contribution in [1.29, 1.82) is 0 Å². The van der Waals surface area contributed by atoms with Gasteiger partial charge in [0.2, 0.25) is 5.91 Å². The van der Waals surface area contributed by atoms with Crippen molar-refractivity contribution in [3.63, 3.8) is 0 Å². The number of halogens is 1. The Labute approximate surface area is 191 Å². The maximum Gasteiger partial charge on any atom is 0.251 e. The van der Waals surface area contributed by atoms with Crippen LogP contribution in [0.5, 0.6) is 5.75 Å². The molecule has 10 heteroatoms. The van der Waals surface area contributed by atoms with Crippen LogP contribution in [0, 0.1) is 3.57 Å². The predicted molar refractivity (Wildman–Crippen MR) is 124 cm³/mol. The first-order valence-corrected chi connectivity index (χ1v) is 11.0. The third-order valence-corrected chi connectivity index (χ3v) is 5.88. The van der Waals surface area contributed by atoms with E-state index in [-0.39, 0.29) is 24.1 Å². The Morgan fingerprint density at radius 2 is 1.80 bits per heavy atom. The van der Waals surface area contributed by atoms with Crippen LogP contribution in [-0.4, -0.2) is 39.4 Å². The summed E-state index contributed by atoms with van der Waals surface area (Å²) in [6.45, 7) is 0.226. The lowest BCUT2D eigenvalue weighted by Gasteiger charge is -2.07. The number of thioether (sulfide) groups is 1. The second kappa shape index (κ2) is 10.4. The Balaban J connectivity index is 1.50. The summed E-state index contributed by atoms with van der Waals surface area (Å²) in [4.78, 5) is 24.4. The highest BCUT2D eigenvalue weighted by molar-refractivity contribution is 14.1. The molecule has 2 N–H and O–H groups in total. The fourth-order valence-corrected chi connectivity index (χ4v) is 3.58. The summed E-state index contributed by atoms with van der Waals surface area (Å²) in [5.74, 6) is 1.14. The van der Waals surface area contributed by atoms with Gasteiger partial charge < -0.3 is 19.9 Å². The van der Waals surface area contributed by atoms with Crippen molar-refractivity contribution in [3.05, 3.63) is 63.5 Å². The highest BCUT2D eigenvalue weighted by atomic mass is 127. The minimum absolute atomic E-state index is 0.126. The van der Waals surface area contributed by atoms with E-state index in [1.54, 1.807) is 43.0 Å². The third-order valence-electron chi connectivity index (χ3n) is 4.14. The molecule has 2 aromatic carbocycles. The molecule has 0 spiro atoms. The molecule has 0 atom stereocenters. The summed E-state index contributed by atoms with van der Waals surface area (Å²) in [5, 5.41) is 14.5. The maximum atomic E-state index is 12.3. The largest absolute Gasteiger partial charge is 0.497 e. The Morgan fingerprint density at radius 3 is 2.47 bits per heavy atom. The first kappa shape index (κ1) is 22.1. The van der Waals surface area contributed by atoms with Crippen molar-refractivity contribution in [1.82, 2.24) is 20.1 Å². The molecule has 156 valence electrons. The number of aromatic nitrogens is 3. The number of nitrogens with zero attached hydrogens (tertiary/aromatic N) is 3. The van der Waals surface area contributed by atoms with Crippen LogP contribution in [0.15, 0.2) is 53.7 Å². The first-order chi connectivity index (χ1) is 14.5. The average molecular weight is 537 g/mol. The van der Waals surface area contributed by atoms with Crippen LogP contribution in [0.2, 0.25) is 0 Å². The van der Waals surface area contributed by atoms with Crippen LogP contribution in [0.25, 0.3) is 0 Å². The Morgan fingerprint density at radius 1 is 1.10 bits per heavy atom. The lowest BCUT2D eigenvalue weighted by molar-refractivity contribution is -0.113. The zero-order valence-corrected chi connectivity index (χ0v) is 19.4. The van der Waals surface area contributed by atoms with Gasteiger partial charge in [0.1, 0.15) is 5.75 Å². The van der Waals surface area contributed by atoms with E-state index in [2.05, 4.69) is 43.4 Å². The summed E-state index contributed by atoms with van der Waals surface area (Å²) in [7, 11) is 3.37. The highest BCUT2D eigenvalue weighted by Crippen LogP contribution is 2.17.